The number of carboxylic acid groups (broad SMARTS) is 1. The Balaban J connectivity index is 1.95. The first-order chi connectivity index (χ1) is 10.1. The molecule has 0 aromatic carbocycles. The first-order valence-electron chi connectivity index (χ1n) is 7.28. The number of aliphatic carboxylic acids is 1. The molecule has 5 nitrogen and oxygen atoms in total. The molecule has 21 heavy (non-hydrogen) atoms. The Labute approximate surface area is 128 Å². The molecule has 1 fully saturated rings. The van der Waals surface area contributed by atoms with Crippen LogP contribution in [-0.2, 0) is 16.0 Å². The zero-order valence-electron chi connectivity index (χ0n) is 12.1. The van der Waals surface area contributed by atoms with E-state index >= 15 is 0 Å². The lowest BCUT2D eigenvalue weighted by Gasteiger charge is -2.27. The molecule has 2 rings (SSSR count). The van der Waals surface area contributed by atoms with Gasteiger partial charge in [0.2, 0.25) is 0 Å². The van der Waals surface area contributed by atoms with Gasteiger partial charge in [0.25, 0.3) is 5.91 Å². The van der Waals surface area contributed by atoms with Gasteiger partial charge in [-0.3, -0.25) is 9.59 Å². The largest absolute Gasteiger partial charge is 0.481 e. The predicted octanol–water partition coefficient (Wildman–Crippen LogP) is 2.17. The molecule has 1 saturated heterocycles. The van der Waals surface area contributed by atoms with Crippen molar-refractivity contribution in [2.24, 2.45) is 11.8 Å². The van der Waals surface area contributed by atoms with Gasteiger partial charge in [-0.25, -0.2) is 0 Å². The summed E-state index contributed by atoms with van der Waals surface area (Å²) in [4.78, 5) is 24.3. The van der Waals surface area contributed by atoms with Crippen LogP contribution in [0.5, 0.6) is 0 Å². The van der Waals surface area contributed by atoms with Gasteiger partial charge in [-0.1, -0.05) is 6.92 Å². The molecule has 116 valence electrons. The Morgan fingerprint density at radius 2 is 2.19 bits per heavy atom. The molecule has 1 aromatic heterocycles. The number of carbonyl (C=O) groups excluding carboxylic acids is 1. The van der Waals surface area contributed by atoms with Crippen LogP contribution in [0.1, 0.15) is 35.0 Å². The minimum Gasteiger partial charge on any atom is -0.481 e. The predicted molar refractivity (Wildman–Crippen MR) is 80.7 cm³/mol. The Hall–Kier alpha value is -1.40. The number of amides is 1. The van der Waals surface area contributed by atoms with Gasteiger partial charge < -0.3 is 15.2 Å². The van der Waals surface area contributed by atoms with E-state index in [0.29, 0.717) is 18.1 Å². The Kier molecular flexibility index (Phi) is 5.76. The number of carbonyl (C=O) groups is 2. The van der Waals surface area contributed by atoms with E-state index in [2.05, 4.69) is 5.32 Å². The maximum atomic E-state index is 12.2. The van der Waals surface area contributed by atoms with Crippen LogP contribution in [0.25, 0.3) is 0 Å². The van der Waals surface area contributed by atoms with Gasteiger partial charge in [-0.15, -0.1) is 11.3 Å². The molecular weight excluding hydrogens is 290 g/mol. The average molecular weight is 311 g/mol. The maximum Gasteiger partial charge on any atom is 0.308 e. The van der Waals surface area contributed by atoms with Crippen LogP contribution in [0.3, 0.4) is 0 Å². The summed E-state index contributed by atoms with van der Waals surface area (Å²) in [6.45, 7) is 3.39. The highest BCUT2D eigenvalue weighted by molar-refractivity contribution is 7.12. The van der Waals surface area contributed by atoms with E-state index in [9.17, 15) is 14.7 Å². The molecule has 2 N–H and O–H groups in total. The molecular formula is C15H21NO4S. The monoisotopic (exact) mass is 311 g/mol. The highest BCUT2D eigenvalue weighted by atomic mass is 32.1. The minimum atomic E-state index is -0.843. The van der Waals surface area contributed by atoms with Gasteiger partial charge in [0, 0.05) is 19.8 Å². The Morgan fingerprint density at radius 3 is 2.81 bits per heavy atom. The van der Waals surface area contributed by atoms with Gasteiger partial charge in [-0.2, -0.15) is 0 Å². The molecule has 0 bridgehead atoms. The second-order valence-corrected chi connectivity index (χ2v) is 6.15. The van der Waals surface area contributed by atoms with E-state index in [1.54, 1.807) is 0 Å². The lowest BCUT2D eigenvalue weighted by molar-refractivity contribution is -0.144. The second-order valence-electron chi connectivity index (χ2n) is 5.23. The van der Waals surface area contributed by atoms with E-state index in [0.717, 1.165) is 24.8 Å². The normalized spacial score (nSPS) is 17.4. The zero-order valence-corrected chi connectivity index (χ0v) is 12.9. The first kappa shape index (κ1) is 16.0. The Bertz CT molecular complexity index is 494. The number of hydrogen-bond acceptors (Lipinski definition) is 4. The average Bonchev–Trinajstić information content (AvgIpc) is 2.96. The smallest absolute Gasteiger partial charge is 0.308 e. The quantitative estimate of drug-likeness (QED) is 0.844. The number of thiophene rings is 1. The summed E-state index contributed by atoms with van der Waals surface area (Å²) < 4.78 is 5.27. The molecule has 0 radical (unpaired) electrons. The fourth-order valence-electron chi connectivity index (χ4n) is 2.67. The van der Waals surface area contributed by atoms with E-state index in [-0.39, 0.29) is 18.4 Å². The molecule has 1 amide bonds. The van der Waals surface area contributed by atoms with Gasteiger partial charge in [0.1, 0.15) is 0 Å². The number of nitrogens with one attached hydrogen (secondary N) is 1. The standard InChI is InChI=1S/C15H21NO4S/c1-2-10-5-8-21-13(10)14(17)16-9-12(15(18)19)11-3-6-20-7-4-11/h5,8,11-12H,2-4,6-7,9H2,1H3,(H,16,17)(H,18,19). The highest BCUT2D eigenvalue weighted by Gasteiger charge is 2.30. The fraction of sp³-hybridized carbons (Fsp3) is 0.600. The van der Waals surface area contributed by atoms with Crippen molar-refractivity contribution in [1.29, 1.82) is 0 Å². The summed E-state index contributed by atoms with van der Waals surface area (Å²) in [5.74, 6) is -1.47. The summed E-state index contributed by atoms with van der Waals surface area (Å²) in [5.41, 5.74) is 1.01. The lowest BCUT2D eigenvalue weighted by atomic mass is 9.86. The van der Waals surface area contributed by atoms with Gasteiger partial charge in [-0.05, 0) is 42.2 Å². The topological polar surface area (TPSA) is 75.6 Å². The van der Waals surface area contributed by atoms with Crippen molar-refractivity contribution in [1.82, 2.24) is 5.32 Å². The van der Waals surface area contributed by atoms with Crippen molar-refractivity contribution in [2.45, 2.75) is 26.2 Å². The Morgan fingerprint density at radius 1 is 1.48 bits per heavy atom. The molecule has 1 atom stereocenters. The molecule has 0 saturated carbocycles. The van der Waals surface area contributed by atoms with Crippen LogP contribution in [0.2, 0.25) is 0 Å². The van der Waals surface area contributed by atoms with Gasteiger partial charge >= 0.3 is 5.97 Å². The second kappa shape index (κ2) is 7.56. The van der Waals surface area contributed by atoms with Gasteiger partial charge in [0.15, 0.2) is 0 Å². The van der Waals surface area contributed by atoms with Crippen molar-refractivity contribution in [2.75, 3.05) is 19.8 Å². The summed E-state index contributed by atoms with van der Waals surface area (Å²) >= 11 is 1.40. The van der Waals surface area contributed by atoms with E-state index < -0.39 is 11.9 Å². The van der Waals surface area contributed by atoms with Crippen LogP contribution in [-0.4, -0.2) is 36.7 Å². The molecule has 1 unspecified atom stereocenters. The van der Waals surface area contributed by atoms with Crippen LogP contribution < -0.4 is 5.32 Å². The number of rotatable bonds is 6. The van der Waals surface area contributed by atoms with Crippen molar-refractivity contribution < 1.29 is 19.4 Å². The molecule has 0 spiro atoms. The minimum absolute atomic E-state index is 0.0746. The van der Waals surface area contributed by atoms with Crippen molar-refractivity contribution in [3.63, 3.8) is 0 Å². The molecule has 1 aromatic rings. The number of hydrogen-bond donors (Lipinski definition) is 2. The summed E-state index contributed by atoms with van der Waals surface area (Å²) in [6.07, 6.45) is 2.28. The molecule has 2 heterocycles. The van der Waals surface area contributed by atoms with E-state index in [1.807, 2.05) is 18.4 Å². The van der Waals surface area contributed by atoms with Crippen LogP contribution in [0.15, 0.2) is 11.4 Å². The SMILES string of the molecule is CCc1ccsc1C(=O)NCC(C(=O)O)C1CCOCC1. The molecule has 0 aliphatic carbocycles. The third kappa shape index (κ3) is 4.04. The summed E-state index contributed by atoms with van der Waals surface area (Å²) in [5, 5.41) is 14.1. The molecule has 6 heteroatoms. The van der Waals surface area contributed by atoms with Crippen LogP contribution >= 0.6 is 11.3 Å². The van der Waals surface area contributed by atoms with Crippen molar-refractivity contribution >= 4 is 23.2 Å². The number of ether oxygens (including phenoxy) is 1. The fourth-order valence-corrected chi connectivity index (χ4v) is 3.58. The zero-order chi connectivity index (χ0) is 15.2. The van der Waals surface area contributed by atoms with Crippen LogP contribution in [0, 0.1) is 11.8 Å². The van der Waals surface area contributed by atoms with E-state index in [4.69, 9.17) is 4.74 Å². The summed E-state index contributed by atoms with van der Waals surface area (Å²) in [6, 6.07) is 1.94. The van der Waals surface area contributed by atoms with E-state index in [1.165, 1.54) is 11.3 Å². The number of carboxylic acids is 1. The maximum absolute atomic E-state index is 12.2. The van der Waals surface area contributed by atoms with Gasteiger partial charge in [0.05, 0.1) is 10.8 Å². The third-order valence-electron chi connectivity index (χ3n) is 3.97. The van der Waals surface area contributed by atoms with Crippen LogP contribution in [0.4, 0.5) is 0 Å². The first-order valence-corrected chi connectivity index (χ1v) is 8.16. The lowest BCUT2D eigenvalue weighted by Crippen LogP contribution is -2.38. The highest BCUT2D eigenvalue weighted by Crippen LogP contribution is 2.24. The van der Waals surface area contributed by atoms with Crippen molar-refractivity contribution in [3.8, 4) is 0 Å². The molecule has 1 aliphatic heterocycles. The van der Waals surface area contributed by atoms with Crippen molar-refractivity contribution in [3.05, 3.63) is 21.9 Å². The number of aryl methyl sites for hydroxylation is 1. The third-order valence-corrected chi connectivity index (χ3v) is 4.92. The molecule has 1 aliphatic rings. The summed E-state index contributed by atoms with van der Waals surface area (Å²) in [7, 11) is 0.